The van der Waals surface area contributed by atoms with E-state index in [9.17, 15) is 4.79 Å². The molecule has 0 amide bonds. The van der Waals surface area contributed by atoms with Crippen molar-refractivity contribution in [3.05, 3.63) is 76.6 Å². The van der Waals surface area contributed by atoms with Crippen molar-refractivity contribution in [1.82, 2.24) is 24.4 Å². The molecule has 0 spiro atoms. The Morgan fingerprint density at radius 2 is 2.04 bits per heavy atom. The average molecular weight is 333 g/mol. The molecule has 0 aliphatic rings. The number of nitrogens with one attached hydrogen (secondary N) is 1. The van der Waals surface area contributed by atoms with Crippen molar-refractivity contribution in [2.24, 2.45) is 0 Å². The number of fused-ring (bicyclic) bond motifs is 1. The second-order valence-corrected chi connectivity index (χ2v) is 6.34. The van der Waals surface area contributed by atoms with Gasteiger partial charge in [0, 0.05) is 36.6 Å². The van der Waals surface area contributed by atoms with Crippen LogP contribution in [0.15, 0.2) is 59.8 Å². The summed E-state index contributed by atoms with van der Waals surface area (Å²) in [6, 6.07) is 11.8. The molecule has 4 rings (SSSR count). The van der Waals surface area contributed by atoms with Gasteiger partial charge in [-0.1, -0.05) is 29.8 Å². The molecular formula is C19H19N5O. The van der Waals surface area contributed by atoms with Crippen molar-refractivity contribution in [3.63, 3.8) is 0 Å². The van der Waals surface area contributed by atoms with Gasteiger partial charge in [-0.15, -0.1) is 0 Å². The summed E-state index contributed by atoms with van der Waals surface area (Å²) >= 11 is 0. The summed E-state index contributed by atoms with van der Waals surface area (Å²) in [6.45, 7) is 4.12. The molecule has 0 saturated carbocycles. The minimum Gasteiger partial charge on any atom is -0.296 e. The molecule has 0 fully saturated rings. The molecule has 0 unspecified atom stereocenters. The standard InChI is InChI=1S/C19H19N5O/c1-13-4-6-15(7-5-13)17-12-21-24-18(25)11-16(22-19(17)24)10-14(2)23-9-3-8-20-23/h3-9,11-12,14,21H,10H2,1-2H3/t14-/m1/s1. The maximum Gasteiger partial charge on any atom is 0.272 e. The summed E-state index contributed by atoms with van der Waals surface area (Å²) in [5.41, 5.74) is 4.47. The average Bonchev–Trinajstić information content (AvgIpc) is 3.25. The summed E-state index contributed by atoms with van der Waals surface area (Å²) in [7, 11) is 0. The predicted octanol–water partition coefficient (Wildman–Crippen LogP) is 3.00. The van der Waals surface area contributed by atoms with Crippen molar-refractivity contribution in [3.8, 4) is 11.1 Å². The molecular weight excluding hydrogens is 314 g/mol. The molecule has 3 heterocycles. The van der Waals surface area contributed by atoms with Gasteiger partial charge < -0.3 is 0 Å². The molecule has 1 aromatic carbocycles. The van der Waals surface area contributed by atoms with E-state index in [2.05, 4.69) is 36.2 Å². The molecule has 6 nitrogen and oxygen atoms in total. The Bertz CT molecular complexity index is 1060. The number of hydrogen-bond acceptors (Lipinski definition) is 3. The molecule has 1 atom stereocenters. The first-order chi connectivity index (χ1) is 12.1. The maximum atomic E-state index is 12.4. The Labute approximate surface area is 144 Å². The molecule has 3 aromatic heterocycles. The van der Waals surface area contributed by atoms with Crippen molar-refractivity contribution in [2.75, 3.05) is 0 Å². The van der Waals surface area contributed by atoms with Gasteiger partial charge >= 0.3 is 0 Å². The monoisotopic (exact) mass is 333 g/mol. The lowest BCUT2D eigenvalue weighted by Crippen LogP contribution is -2.17. The molecule has 1 N–H and O–H groups in total. The predicted molar refractivity (Wildman–Crippen MR) is 96.6 cm³/mol. The first kappa shape index (κ1) is 15.4. The van der Waals surface area contributed by atoms with Crippen LogP contribution >= 0.6 is 0 Å². The summed E-state index contributed by atoms with van der Waals surface area (Å²) in [6.07, 6.45) is 6.15. The second-order valence-electron chi connectivity index (χ2n) is 6.34. The SMILES string of the molecule is Cc1ccc(-c2c[nH]n3c(=O)cc(C[C@@H](C)n4cccn4)nc23)cc1. The van der Waals surface area contributed by atoms with E-state index in [4.69, 9.17) is 4.98 Å². The largest absolute Gasteiger partial charge is 0.296 e. The van der Waals surface area contributed by atoms with Crippen LogP contribution in [0.2, 0.25) is 0 Å². The third kappa shape index (κ3) is 2.87. The highest BCUT2D eigenvalue weighted by molar-refractivity contribution is 5.77. The number of hydrogen-bond donors (Lipinski definition) is 1. The number of aryl methyl sites for hydroxylation is 1. The van der Waals surface area contributed by atoms with Gasteiger partial charge in [-0.25, -0.2) is 9.50 Å². The van der Waals surface area contributed by atoms with E-state index in [1.165, 1.54) is 10.1 Å². The van der Waals surface area contributed by atoms with Crippen LogP contribution in [0.1, 0.15) is 24.2 Å². The zero-order valence-corrected chi connectivity index (χ0v) is 14.2. The third-order valence-electron chi connectivity index (χ3n) is 4.39. The lowest BCUT2D eigenvalue weighted by Gasteiger charge is -2.11. The van der Waals surface area contributed by atoms with Crippen molar-refractivity contribution >= 4 is 5.65 Å². The minimum absolute atomic E-state index is 0.106. The number of nitrogens with zero attached hydrogens (tertiary/aromatic N) is 4. The van der Waals surface area contributed by atoms with Crippen LogP contribution in [0.5, 0.6) is 0 Å². The highest BCUT2D eigenvalue weighted by atomic mass is 16.1. The molecule has 126 valence electrons. The first-order valence-electron chi connectivity index (χ1n) is 8.28. The quantitative estimate of drug-likeness (QED) is 0.624. The van der Waals surface area contributed by atoms with E-state index in [-0.39, 0.29) is 11.6 Å². The van der Waals surface area contributed by atoms with Crippen LogP contribution in [0.3, 0.4) is 0 Å². The van der Waals surface area contributed by atoms with Crippen LogP contribution in [0.25, 0.3) is 16.8 Å². The Balaban J connectivity index is 1.76. The molecule has 25 heavy (non-hydrogen) atoms. The van der Waals surface area contributed by atoms with Gasteiger partial charge in [-0.05, 0) is 25.5 Å². The van der Waals surface area contributed by atoms with E-state index < -0.39 is 0 Å². The fraction of sp³-hybridized carbons (Fsp3) is 0.211. The van der Waals surface area contributed by atoms with Gasteiger partial charge in [0.05, 0.1) is 11.7 Å². The topological polar surface area (TPSA) is 68.0 Å². The van der Waals surface area contributed by atoms with Gasteiger partial charge in [0.25, 0.3) is 5.56 Å². The fourth-order valence-electron chi connectivity index (χ4n) is 3.02. The molecule has 0 aliphatic heterocycles. The van der Waals surface area contributed by atoms with E-state index in [1.807, 2.05) is 35.3 Å². The Morgan fingerprint density at radius 1 is 1.24 bits per heavy atom. The Morgan fingerprint density at radius 3 is 2.76 bits per heavy atom. The van der Waals surface area contributed by atoms with Crippen molar-refractivity contribution < 1.29 is 0 Å². The van der Waals surface area contributed by atoms with Crippen molar-refractivity contribution in [1.29, 1.82) is 0 Å². The van der Waals surface area contributed by atoms with E-state index in [1.54, 1.807) is 12.3 Å². The van der Waals surface area contributed by atoms with E-state index in [0.29, 0.717) is 12.1 Å². The lowest BCUT2D eigenvalue weighted by atomic mass is 10.1. The Hall–Kier alpha value is -3.15. The number of rotatable bonds is 4. The number of aromatic amines is 1. The third-order valence-corrected chi connectivity index (χ3v) is 4.39. The van der Waals surface area contributed by atoms with Crippen molar-refractivity contribution in [2.45, 2.75) is 26.3 Å². The zero-order chi connectivity index (χ0) is 17.4. The smallest absolute Gasteiger partial charge is 0.272 e. The summed E-state index contributed by atoms with van der Waals surface area (Å²) in [5.74, 6) is 0. The molecule has 4 aromatic rings. The van der Waals surface area contributed by atoms with Gasteiger partial charge in [-0.2, -0.15) is 5.10 Å². The lowest BCUT2D eigenvalue weighted by molar-refractivity contribution is 0.484. The van der Waals surface area contributed by atoms with Gasteiger partial charge in [0.1, 0.15) is 0 Å². The molecule has 0 radical (unpaired) electrons. The van der Waals surface area contributed by atoms with Crippen LogP contribution < -0.4 is 5.56 Å². The highest BCUT2D eigenvalue weighted by Crippen LogP contribution is 2.23. The maximum absolute atomic E-state index is 12.4. The minimum atomic E-state index is -0.106. The first-order valence-corrected chi connectivity index (χ1v) is 8.28. The second kappa shape index (κ2) is 6.05. The molecule has 6 heteroatoms. The van der Waals surface area contributed by atoms with Crippen LogP contribution in [-0.2, 0) is 6.42 Å². The highest BCUT2D eigenvalue weighted by Gasteiger charge is 2.13. The van der Waals surface area contributed by atoms with Gasteiger partial charge in [-0.3, -0.25) is 14.6 Å². The van der Waals surface area contributed by atoms with Crippen LogP contribution in [-0.4, -0.2) is 24.4 Å². The Kier molecular flexibility index (Phi) is 3.72. The molecule has 0 saturated heterocycles. The fourth-order valence-corrected chi connectivity index (χ4v) is 3.02. The van der Waals surface area contributed by atoms with Crippen LogP contribution in [0, 0.1) is 6.92 Å². The normalized spacial score (nSPS) is 12.6. The van der Waals surface area contributed by atoms with Gasteiger partial charge in [0.2, 0.25) is 0 Å². The van der Waals surface area contributed by atoms with Gasteiger partial charge in [0.15, 0.2) is 5.65 Å². The number of H-pyrrole nitrogens is 1. The van der Waals surface area contributed by atoms with E-state index in [0.717, 1.165) is 16.8 Å². The number of benzene rings is 1. The molecule has 0 aliphatic carbocycles. The molecule has 0 bridgehead atoms. The van der Waals surface area contributed by atoms with Crippen LogP contribution in [0.4, 0.5) is 0 Å². The summed E-state index contributed by atoms with van der Waals surface area (Å²) in [4.78, 5) is 17.2. The summed E-state index contributed by atoms with van der Waals surface area (Å²) in [5, 5.41) is 7.26. The zero-order valence-electron chi connectivity index (χ0n) is 14.2. The summed E-state index contributed by atoms with van der Waals surface area (Å²) < 4.78 is 3.36. The number of aromatic nitrogens is 5. The van der Waals surface area contributed by atoms with E-state index >= 15 is 0 Å².